The topological polar surface area (TPSA) is 108 Å². The first-order valence-corrected chi connectivity index (χ1v) is 6.51. The first kappa shape index (κ1) is 13.5. The van der Waals surface area contributed by atoms with Gasteiger partial charge in [0.1, 0.15) is 5.82 Å². The minimum Gasteiger partial charge on any atom is -0.481 e. The van der Waals surface area contributed by atoms with E-state index < -0.39 is 5.97 Å². The van der Waals surface area contributed by atoms with Crippen LogP contribution in [0.1, 0.15) is 61.4 Å². The number of carbonyl (C=O) groups excluding carboxylic acids is 1. The lowest BCUT2D eigenvalue weighted by Gasteiger charge is -2.11. The second-order valence-corrected chi connectivity index (χ2v) is 4.98. The largest absolute Gasteiger partial charge is 0.481 e. The number of H-pyrrole nitrogens is 1. The van der Waals surface area contributed by atoms with E-state index in [2.05, 4.69) is 20.5 Å². The van der Waals surface area contributed by atoms with Gasteiger partial charge in [0.2, 0.25) is 5.82 Å². The monoisotopic (exact) mass is 266 g/mol. The summed E-state index contributed by atoms with van der Waals surface area (Å²) in [5.74, 6) is 0.241. The maximum absolute atomic E-state index is 11.8. The Bertz CT molecular complexity index is 467. The summed E-state index contributed by atoms with van der Waals surface area (Å²) in [4.78, 5) is 26.4. The number of rotatable bonds is 7. The van der Waals surface area contributed by atoms with Gasteiger partial charge in [-0.1, -0.05) is 0 Å². The number of aromatic nitrogens is 3. The maximum Gasteiger partial charge on any atom is 0.303 e. The Hall–Kier alpha value is -1.92. The van der Waals surface area contributed by atoms with Crippen LogP contribution in [0.4, 0.5) is 0 Å². The van der Waals surface area contributed by atoms with Gasteiger partial charge in [-0.05, 0) is 32.6 Å². The molecule has 3 N–H and O–H groups in total. The first-order valence-electron chi connectivity index (χ1n) is 6.51. The summed E-state index contributed by atoms with van der Waals surface area (Å²) in [5.41, 5.74) is 0. The molecule has 0 aliphatic heterocycles. The Morgan fingerprint density at radius 1 is 1.53 bits per heavy atom. The van der Waals surface area contributed by atoms with E-state index in [-0.39, 0.29) is 24.2 Å². The third kappa shape index (κ3) is 4.04. The van der Waals surface area contributed by atoms with Crippen LogP contribution < -0.4 is 5.32 Å². The summed E-state index contributed by atoms with van der Waals surface area (Å²) >= 11 is 0. The van der Waals surface area contributed by atoms with E-state index in [4.69, 9.17) is 5.11 Å². The van der Waals surface area contributed by atoms with Gasteiger partial charge in [-0.2, -0.15) is 0 Å². The number of hydrogen-bond donors (Lipinski definition) is 3. The molecule has 0 spiro atoms. The molecule has 0 saturated heterocycles. The molecule has 1 heterocycles. The van der Waals surface area contributed by atoms with Gasteiger partial charge in [0.05, 0.1) is 0 Å². The van der Waals surface area contributed by atoms with Gasteiger partial charge < -0.3 is 10.4 Å². The van der Waals surface area contributed by atoms with Crippen molar-refractivity contribution in [3.05, 3.63) is 11.6 Å². The molecule has 0 radical (unpaired) electrons. The number of nitrogens with one attached hydrogen (secondary N) is 2. The molecular formula is C12H18N4O3. The first-order chi connectivity index (χ1) is 9.06. The molecule has 1 unspecified atom stereocenters. The second kappa shape index (κ2) is 5.81. The normalized spacial score (nSPS) is 16.1. The van der Waals surface area contributed by atoms with Crippen LogP contribution in [0.15, 0.2) is 0 Å². The van der Waals surface area contributed by atoms with Crippen molar-refractivity contribution in [1.29, 1.82) is 0 Å². The smallest absolute Gasteiger partial charge is 0.303 e. The minimum absolute atomic E-state index is 0.0882. The minimum atomic E-state index is -0.818. The lowest BCUT2D eigenvalue weighted by Crippen LogP contribution is -2.33. The highest BCUT2D eigenvalue weighted by atomic mass is 16.4. The second-order valence-electron chi connectivity index (χ2n) is 4.98. The van der Waals surface area contributed by atoms with E-state index in [1.807, 2.05) is 6.92 Å². The molecule has 0 aromatic carbocycles. The summed E-state index contributed by atoms with van der Waals surface area (Å²) in [6.07, 6.45) is 3.48. The number of carbonyl (C=O) groups is 2. The van der Waals surface area contributed by atoms with Crippen LogP contribution in [-0.4, -0.2) is 38.2 Å². The molecule has 0 bridgehead atoms. The number of amides is 1. The zero-order chi connectivity index (χ0) is 13.8. The van der Waals surface area contributed by atoms with Gasteiger partial charge in [0, 0.05) is 18.4 Å². The van der Waals surface area contributed by atoms with Crippen LogP contribution in [0.2, 0.25) is 0 Å². The highest BCUT2D eigenvalue weighted by Gasteiger charge is 2.28. The van der Waals surface area contributed by atoms with Crippen molar-refractivity contribution in [1.82, 2.24) is 20.5 Å². The summed E-state index contributed by atoms with van der Waals surface area (Å²) in [6, 6.07) is -0.0882. The number of aromatic amines is 1. The Morgan fingerprint density at radius 2 is 2.26 bits per heavy atom. The summed E-state index contributed by atoms with van der Waals surface area (Å²) in [5, 5.41) is 18.0. The molecule has 7 nitrogen and oxygen atoms in total. The molecular weight excluding hydrogens is 248 g/mol. The SMILES string of the molecule is CC(CCCC(=O)O)NC(=O)c1n[nH]c(C2CC2)n1. The summed E-state index contributed by atoms with van der Waals surface area (Å²) in [6.45, 7) is 1.84. The Morgan fingerprint density at radius 3 is 2.89 bits per heavy atom. The number of carboxylic acid groups (broad SMARTS) is 1. The zero-order valence-electron chi connectivity index (χ0n) is 10.8. The van der Waals surface area contributed by atoms with Crippen LogP contribution in [0.25, 0.3) is 0 Å². The van der Waals surface area contributed by atoms with Gasteiger partial charge in [0.15, 0.2) is 0 Å². The molecule has 1 aromatic heterocycles. The Kier molecular flexibility index (Phi) is 4.13. The molecule has 7 heteroatoms. The average molecular weight is 266 g/mol. The standard InChI is InChI=1S/C12H18N4O3/c1-7(3-2-4-9(17)18)13-12(19)11-14-10(15-16-11)8-5-6-8/h7-8H,2-6H2,1H3,(H,13,19)(H,17,18)(H,14,15,16). The van der Waals surface area contributed by atoms with Crippen molar-refractivity contribution < 1.29 is 14.7 Å². The fourth-order valence-electron chi connectivity index (χ4n) is 1.84. The van der Waals surface area contributed by atoms with Crippen molar-refractivity contribution >= 4 is 11.9 Å². The number of aliphatic carboxylic acids is 1. The maximum atomic E-state index is 11.8. The lowest BCUT2D eigenvalue weighted by atomic mass is 10.1. The summed E-state index contributed by atoms with van der Waals surface area (Å²) in [7, 11) is 0. The third-order valence-corrected chi connectivity index (χ3v) is 3.08. The molecule has 1 aliphatic carbocycles. The van der Waals surface area contributed by atoms with Gasteiger partial charge >= 0.3 is 5.97 Å². The highest BCUT2D eigenvalue weighted by molar-refractivity contribution is 5.90. The van der Waals surface area contributed by atoms with Crippen LogP contribution in [0.3, 0.4) is 0 Å². The molecule has 1 atom stereocenters. The van der Waals surface area contributed by atoms with Crippen LogP contribution in [-0.2, 0) is 4.79 Å². The number of nitrogens with zero attached hydrogens (tertiary/aromatic N) is 2. The van der Waals surface area contributed by atoms with Crippen LogP contribution >= 0.6 is 0 Å². The van der Waals surface area contributed by atoms with Crippen LogP contribution in [0, 0.1) is 0 Å². The van der Waals surface area contributed by atoms with Gasteiger partial charge in [0.25, 0.3) is 5.91 Å². The zero-order valence-corrected chi connectivity index (χ0v) is 10.8. The Labute approximate surface area is 110 Å². The van der Waals surface area contributed by atoms with E-state index in [0.717, 1.165) is 18.7 Å². The van der Waals surface area contributed by atoms with Crippen molar-refractivity contribution in [2.75, 3.05) is 0 Å². The van der Waals surface area contributed by atoms with Gasteiger partial charge in [-0.25, -0.2) is 4.98 Å². The molecule has 1 saturated carbocycles. The van der Waals surface area contributed by atoms with Crippen molar-refractivity contribution in [2.24, 2.45) is 0 Å². The fraction of sp³-hybridized carbons (Fsp3) is 0.667. The highest BCUT2D eigenvalue weighted by Crippen LogP contribution is 2.37. The molecule has 19 heavy (non-hydrogen) atoms. The average Bonchev–Trinajstić information content (AvgIpc) is 3.06. The molecule has 104 valence electrons. The fourth-order valence-corrected chi connectivity index (χ4v) is 1.84. The summed E-state index contributed by atoms with van der Waals surface area (Å²) < 4.78 is 0. The lowest BCUT2D eigenvalue weighted by molar-refractivity contribution is -0.137. The predicted molar refractivity (Wildman–Crippen MR) is 66.8 cm³/mol. The Balaban J connectivity index is 1.77. The van der Waals surface area contributed by atoms with Gasteiger partial charge in [-0.3, -0.25) is 14.7 Å². The molecule has 1 aliphatic rings. The van der Waals surface area contributed by atoms with Gasteiger partial charge in [-0.15, -0.1) is 5.10 Å². The van der Waals surface area contributed by atoms with E-state index >= 15 is 0 Å². The van der Waals surface area contributed by atoms with Crippen molar-refractivity contribution in [2.45, 2.75) is 51.0 Å². The van der Waals surface area contributed by atoms with E-state index in [1.165, 1.54) is 0 Å². The molecule has 1 fully saturated rings. The number of hydrogen-bond acceptors (Lipinski definition) is 4. The van der Waals surface area contributed by atoms with E-state index in [0.29, 0.717) is 18.8 Å². The number of carboxylic acids is 1. The molecule has 1 aromatic rings. The quantitative estimate of drug-likeness (QED) is 0.683. The third-order valence-electron chi connectivity index (χ3n) is 3.08. The molecule has 2 rings (SSSR count). The van der Waals surface area contributed by atoms with E-state index in [1.54, 1.807) is 0 Å². The van der Waals surface area contributed by atoms with Crippen LogP contribution in [0.5, 0.6) is 0 Å². The molecule has 1 amide bonds. The van der Waals surface area contributed by atoms with E-state index in [9.17, 15) is 9.59 Å². The van der Waals surface area contributed by atoms with Crippen molar-refractivity contribution in [3.63, 3.8) is 0 Å². The van der Waals surface area contributed by atoms with Crippen molar-refractivity contribution in [3.8, 4) is 0 Å². The predicted octanol–water partition coefficient (Wildman–Crippen LogP) is 1.06.